The van der Waals surface area contributed by atoms with E-state index in [1.54, 1.807) is 0 Å². The first-order valence-electron chi connectivity index (χ1n) is 7.75. The zero-order valence-electron chi connectivity index (χ0n) is 13.7. The highest BCUT2D eigenvalue weighted by atomic mass is 31.2. The average Bonchev–Trinajstić information content (AvgIpc) is 2.85. The predicted octanol–water partition coefficient (Wildman–Crippen LogP) is -6.54. The number of aliphatic hydroxyl groups is 7. The largest absolute Gasteiger partial charge is 0.790 e. The molecule has 2 heterocycles. The normalized spacial score (nSPS) is 46.0. The minimum absolute atomic E-state index is 0.752. The van der Waals surface area contributed by atoms with Crippen LogP contribution in [0.15, 0.2) is 0 Å². The molecule has 2 aliphatic rings. The van der Waals surface area contributed by atoms with E-state index in [0.29, 0.717) is 0 Å². The molecule has 2 saturated heterocycles. The van der Waals surface area contributed by atoms with Crippen LogP contribution in [0, 0.1) is 0 Å². The summed E-state index contributed by atoms with van der Waals surface area (Å²) in [5.74, 6) is -2.38. The quantitative estimate of drug-likeness (QED) is 0.189. The van der Waals surface area contributed by atoms with E-state index < -0.39 is 82.4 Å². The van der Waals surface area contributed by atoms with Crippen molar-refractivity contribution < 1.29 is 68.8 Å². The van der Waals surface area contributed by atoms with Gasteiger partial charge in [-0.15, -0.1) is 0 Å². The minimum atomic E-state index is -5.43. The van der Waals surface area contributed by atoms with Gasteiger partial charge >= 0.3 is 0 Å². The highest BCUT2D eigenvalue weighted by Gasteiger charge is 2.58. The van der Waals surface area contributed by atoms with Crippen LogP contribution in [0.3, 0.4) is 0 Å². The highest BCUT2D eigenvalue weighted by molar-refractivity contribution is 7.43. The molecule has 2 rings (SSSR count). The third kappa shape index (κ3) is 4.83. The van der Waals surface area contributed by atoms with Crippen molar-refractivity contribution >= 4 is 7.82 Å². The Morgan fingerprint density at radius 3 is 2.07 bits per heavy atom. The van der Waals surface area contributed by atoms with Gasteiger partial charge < -0.3 is 68.8 Å². The van der Waals surface area contributed by atoms with Crippen LogP contribution in [0.25, 0.3) is 0 Å². The van der Waals surface area contributed by atoms with Crippen LogP contribution in [0.1, 0.15) is 0 Å². The summed E-state index contributed by atoms with van der Waals surface area (Å²) < 4.78 is 29.9. The lowest BCUT2D eigenvalue weighted by molar-refractivity contribution is -0.386. The molecule has 15 heteroatoms. The summed E-state index contributed by atoms with van der Waals surface area (Å²) in [7, 11) is -5.43. The summed E-state index contributed by atoms with van der Waals surface area (Å²) in [5, 5.41) is 68.2. The van der Waals surface area contributed by atoms with Gasteiger partial charge in [0.1, 0.15) is 49.3 Å². The predicted molar refractivity (Wildman–Crippen MR) is 75.1 cm³/mol. The Balaban J connectivity index is 2.16. The van der Waals surface area contributed by atoms with Gasteiger partial charge in [0.2, 0.25) is 5.79 Å². The van der Waals surface area contributed by atoms with Crippen molar-refractivity contribution in [2.75, 3.05) is 19.8 Å². The maximum absolute atomic E-state index is 10.6. The summed E-state index contributed by atoms with van der Waals surface area (Å²) >= 11 is 0. The van der Waals surface area contributed by atoms with Crippen LogP contribution in [-0.4, -0.2) is 110 Å². The molecule has 0 aromatic heterocycles. The molecule has 0 aromatic carbocycles. The van der Waals surface area contributed by atoms with Crippen molar-refractivity contribution in [2.45, 2.75) is 54.8 Å². The zero-order valence-corrected chi connectivity index (χ0v) is 14.6. The maximum Gasteiger partial charge on any atom is 0.224 e. The SMILES string of the molecule is O=P([O-])([O-])OC[C@H]1O[C@H](OC2(CO)O[C@H](CO)[C@@H](O)[C@@H]2O)[C@H](O)[C@@H](O)[C@@H]1O. The van der Waals surface area contributed by atoms with Gasteiger partial charge in [-0.2, -0.15) is 0 Å². The van der Waals surface area contributed by atoms with E-state index in [0.717, 1.165) is 0 Å². The number of hydrogen-bond donors (Lipinski definition) is 7. The fourth-order valence-corrected chi connectivity index (χ4v) is 3.11. The molecule has 2 fully saturated rings. The van der Waals surface area contributed by atoms with Gasteiger partial charge in [0, 0.05) is 0 Å². The Bertz CT molecular complexity index is 542. The van der Waals surface area contributed by atoms with E-state index in [9.17, 15) is 45.0 Å². The maximum atomic E-state index is 10.6. The van der Waals surface area contributed by atoms with Gasteiger partial charge in [0.25, 0.3) is 0 Å². The summed E-state index contributed by atoms with van der Waals surface area (Å²) in [4.78, 5) is 21.1. The molecule has 0 radical (unpaired) electrons. The van der Waals surface area contributed by atoms with Gasteiger partial charge in [0.15, 0.2) is 6.29 Å². The zero-order chi connectivity index (χ0) is 20.6. The average molecular weight is 420 g/mol. The Kier molecular flexibility index (Phi) is 7.33. The van der Waals surface area contributed by atoms with Gasteiger partial charge in [-0.1, -0.05) is 0 Å². The van der Waals surface area contributed by atoms with E-state index in [2.05, 4.69) is 4.52 Å². The molecule has 2 aliphatic heterocycles. The Hall–Kier alpha value is -0.290. The molecule has 1 unspecified atom stereocenters. The van der Waals surface area contributed by atoms with Gasteiger partial charge in [-0.05, 0) is 0 Å². The standard InChI is InChI=1S/C12H23O14P/c13-1-4-7(16)10(19)12(3-14,25-4)26-11-9(18)8(17)6(15)5(24-11)2-23-27(20,21)22/h4-11,13-19H,1-3H2,(H2,20,21,22)/p-2/t4-,5-,6-,7-,8+,9-,10+,11-,12?/m1/s1. The second-order valence-corrected chi connectivity index (χ2v) is 7.27. The summed E-state index contributed by atoms with van der Waals surface area (Å²) in [5.41, 5.74) is 0. The van der Waals surface area contributed by atoms with E-state index >= 15 is 0 Å². The number of ether oxygens (including phenoxy) is 3. The van der Waals surface area contributed by atoms with Crippen LogP contribution in [0.4, 0.5) is 0 Å². The summed E-state index contributed by atoms with van der Waals surface area (Å²) in [6.45, 7) is -2.85. The Morgan fingerprint density at radius 1 is 0.963 bits per heavy atom. The molecule has 0 amide bonds. The van der Waals surface area contributed by atoms with Gasteiger partial charge in [-0.25, -0.2) is 0 Å². The first-order valence-corrected chi connectivity index (χ1v) is 9.21. The molecule has 7 N–H and O–H groups in total. The highest BCUT2D eigenvalue weighted by Crippen LogP contribution is 2.36. The van der Waals surface area contributed by atoms with Gasteiger partial charge in [0.05, 0.1) is 21.0 Å². The third-order valence-electron chi connectivity index (χ3n) is 4.29. The Labute approximate surface area is 152 Å². The van der Waals surface area contributed by atoms with E-state index in [1.165, 1.54) is 0 Å². The van der Waals surface area contributed by atoms with E-state index in [4.69, 9.17) is 19.3 Å². The Morgan fingerprint density at radius 2 is 1.59 bits per heavy atom. The molecular weight excluding hydrogens is 399 g/mol. The topological polar surface area (TPSA) is 242 Å². The van der Waals surface area contributed by atoms with E-state index in [-0.39, 0.29) is 0 Å². The van der Waals surface area contributed by atoms with Crippen LogP contribution in [0.5, 0.6) is 0 Å². The number of rotatable bonds is 7. The first-order chi connectivity index (χ1) is 12.5. The lowest BCUT2D eigenvalue weighted by Crippen LogP contribution is -2.62. The van der Waals surface area contributed by atoms with Crippen LogP contribution in [0.2, 0.25) is 0 Å². The molecule has 27 heavy (non-hydrogen) atoms. The number of phosphoric acid groups is 1. The van der Waals surface area contributed by atoms with Crippen molar-refractivity contribution in [3.63, 3.8) is 0 Å². The lowest BCUT2D eigenvalue weighted by atomic mass is 9.99. The molecule has 0 saturated carbocycles. The van der Waals surface area contributed by atoms with Crippen molar-refractivity contribution in [1.29, 1.82) is 0 Å². The molecule has 0 spiro atoms. The molecule has 14 nitrogen and oxygen atoms in total. The summed E-state index contributed by atoms with van der Waals surface area (Å²) in [6, 6.07) is 0. The van der Waals surface area contributed by atoms with Crippen molar-refractivity contribution in [2.24, 2.45) is 0 Å². The molecule has 9 atom stereocenters. The molecule has 160 valence electrons. The number of hydrogen-bond acceptors (Lipinski definition) is 14. The smallest absolute Gasteiger partial charge is 0.224 e. The van der Waals surface area contributed by atoms with Crippen molar-refractivity contribution in [3.05, 3.63) is 0 Å². The van der Waals surface area contributed by atoms with Gasteiger partial charge in [-0.3, -0.25) is 0 Å². The van der Waals surface area contributed by atoms with Crippen LogP contribution < -0.4 is 9.79 Å². The van der Waals surface area contributed by atoms with Crippen LogP contribution >= 0.6 is 7.82 Å². The van der Waals surface area contributed by atoms with Crippen LogP contribution in [-0.2, 0) is 23.3 Å². The molecule has 0 aromatic rings. The second kappa shape index (κ2) is 8.61. The summed E-state index contributed by atoms with van der Waals surface area (Å²) in [6.07, 6.45) is -14.3. The molecular formula is C12H21O14P-2. The fourth-order valence-electron chi connectivity index (χ4n) is 2.78. The first kappa shape index (κ1) is 23.0. The lowest BCUT2D eigenvalue weighted by Gasteiger charge is -2.44. The fraction of sp³-hybridized carbons (Fsp3) is 1.00. The minimum Gasteiger partial charge on any atom is -0.790 e. The third-order valence-corrected chi connectivity index (χ3v) is 4.75. The van der Waals surface area contributed by atoms with Crippen molar-refractivity contribution in [3.8, 4) is 0 Å². The number of aliphatic hydroxyl groups excluding tert-OH is 7. The monoisotopic (exact) mass is 420 g/mol. The molecule has 0 aliphatic carbocycles. The number of phosphoric ester groups is 1. The van der Waals surface area contributed by atoms with Crippen molar-refractivity contribution in [1.82, 2.24) is 0 Å². The van der Waals surface area contributed by atoms with E-state index in [1.807, 2.05) is 0 Å². The second-order valence-electron chi connectivity index (χ2n) is 6.12. The molecule has 0 bridgehead atoms.